The summed E-state index contributed by atoms with van der Waals surface area (Å²) in [4.78, 5) is 24.3. The van der Waals surface area contributed by atoms with E-state index >= 15 is 0 Å². The molecule has 0 saturated heterocycles. The molecular weight excluding hydrogens is 228 g/mol. The van der Waals surface area contributed by atoms with E-state index in [0.717, 1.165) is 16.8 Å². The molecular formula is C14H20N2O2. The van der Waals surface area contributed by atoms with Gasteiger partial charge in [-0.2, -0.15) is 0 Å². The van der Waals surface area contributed by atoms with Gasteiger partial charge in [0.05, 0.1) is 6.54 Å². The summed E-state index contributed by atoms with van der Waals surface area (Å²) in [6.45, 7) is 7.46. The van der Waals surface area contributed by atoms with Gasteiger partial charge in [0.15, 0.2) is 0 Å². The minimum absolute atomic E-state index is 0.0715. The molecule has 0 spiro atoms. The Kier molecular flexibility index (Phi) is 4.48. The zero-order chi connectivity index (χ0) is 13.9. The van der Waals surface area contributed by atoms with E-state index in [0.29, 0.717) is 0 Å². The minimum Gasteiger partial charge on any atom is -0.337 e. The van der Waals surface area contributed by atoms with E-state index in [4.69, 9.17) is 0 Å². The number of hydrogen-bond acceptors (Lipinski definition) is 2. The van der Waals surface area contributed by atoms with Crippen molar-refractivity contribution in [3.63, 3.8) is 0 Å². The Balaban J connectivity index is 2.80. The van der Waals surface area contributed by atoms with Crippen molar-refractivity contribution in [2.75, 3.05) is 18.9 Å². The molecule has 0 aliphatic rings. The molecule has 1 aromatic carbocycles. The van der Waals surface area contributed by atoms with E-state index in [1.165, 1.54) is 17.4 Å². The summed E-state index contributed by atoms with van der Waals surface area (Å²) < 4.78 is 0. The van der Waals surface area contributed by atoms with Crippen LogP contribution in [0.1, 0.15) is 23.6 Å². The zero-order valence-electron chi connectivity index (χ0n) is 11.6. The number of anilines is 1. The zero-order valence-corrected chi connectivity index (χ0v) is 11.6. The van der Waals surface area contributed by atoms with Crippen LogP contribution in [-0.4, -0.2) is 30.3 Å². The van der Waals surface area contributed by atoms with Crippen molar-refractivity contribution in [2.24, 2.45) is 0 Å². The van der Waals surface area contributed by atoms with Crippen LogP contribution in [0, 0.1) is 20.8 Å². The standard InChI is InChI=1S/C14H20N2O2/c1-9-6-10(2)14(11(3)7-9)15-13(18)8-16(5)12(4)17/h6-7H,8H2,1-5H3,(H,15,18). The third-order valence-electron chi connectivity index (χ3n) is 2.86. The lowest BCUT2D eigenvalue weighted by Crippen LogP contribution is -2.33. The fourth-order valence-corrected chi connectivity index (χ4v) is 1.88. The topological polar surface area (TPSA) is 49.4 Å². The number of likely N-dealkylation sites (N-methyl/N-ethyl adjacent to an activating group) is 1. The van der Waals surface area contributed by atoms with Gasteiger partial charge in [-0.05, 0) is 31.9 Å². The molecule has 0 atom stereocenters. The molecule has 4 nitrogen and oxygen atoms in total. The smallest absolute Gasteiger partial charge is 0.243 e. The second-order valence-electron chi connectivity index (χ2n) is 4.70. The van der Waals surface area contributed by atoms with Crippen LogP contribution in [0.15, 0.2) is 12.1 Å². The maximum Gasteiger partial charge on any atom is 0.243 e. The Bertz CT molecular complexity index is 458. The molecule has 0 aliphatic carbocycles. The van der Waals surface area contributed by atoms with Crippen LogP contribution in [0.5, 0.6) is 0 Å². The predicted octanol–water partition coefficient (Wildman–Crippen LogP) is 2.03. The van der Waals surface area contributed by atoms with E-state index in [-0.39, 0.29) is 18.4 Å². The normalized spacial score (nSPS) is 10.1. The van der Waals surface area contributed by atoms with Gasteiger partial charge in [0.1, 0.15) is 0 Å². The Morgan fingerprint density at radius 2 is 1.67 bits per heavy atom. The number of aryl methyl sites for hydroxylation is 3. The molecule has 0 radical (unpaired) electrons. The molecule has 0 saturated carbocycles. The van der Waals surface area contributed by atoms with Crippen LogP contribution in [0.3, 0.4) is 0 Å². The number of carbonyl (C=O) groups excluding carboxylic acids is 2. The number of hydrogen-bond donors (Lipinski definition) is 1. The first-order valence-electron chi connectivity index (χ1n) is 5.90. The SMILES string of the molecule is CC(=O)N(C)CC(=O)Nc1c(C)cc(C)cc1C. The Morgan fingerprint density at radius 3 is 2.11 bits per heavy atom. The van der Waals surface area contributed by atoms with Crippen LogP contribution >= 0.6 is 0 Å². The van der Waals surface area contributed by atoms with E-state index in [9.17, 15) is 9.59 Å². The molecule has 4 heteroatoms. The highest BCUT2D eigenvalue weighted by Crippen LogP contribution is 2.21. The van der Waals surface area contributed by atoms with Crippen LogP contribution in [0.2, 0.25) is 0 Å². The average molecular weight is 248 g/mol. The number of nitrogens with one attached hydrogen (secondary N) is 1. The van der Waals surface area contributed by atoms with Gasteiger partial charge in [-0.15, -0.1) is 0 Å². The van der Waals surface area contributed by atoms with E-state index in [1.807, 2.05) is 32.9 Å². The number of rotatable bonds is 3. The van der Waals surface area contributed by atoms with Gasteiger partial charge in [-0.1, -0.05) is 17.7 Å². The van der Waals surface area contributed by atoms with Crippen LogP contribution in [0.25, 0.3) is 0 Å². The third-order valence-corrected chi connectivity index (χ3v) is 2.86. The fourth-order valence-electron chi connectivity index (χ4n) is 1.88. The van der Waals surface area contributed by atoms with Crippen LogP contribution in [0.4, 0.5) is 5.69 Å². The van der Waals surface area contributed by atoms with Gasteiger partial charge >= 0.3 is 0 Å². The Hall–Kier alpha value is -1.84. The molecule has 0 bridgehead atoms. The van der Waals surface area contributed by atoms with Crippen molar-refractivity contribution in [1.82, 2.24) is 4.90 Å². The predicted molar refractivity (Wildman–Crippen MR) is 72.6 cm³/mol. The van der Waals surface area contributed by atoms with E-state index in [2.05, 4.69) is 5.32 Å². The lowest BCUT2D eigenvalue weighted by molar-refractivity contribution is -0.131. The molecule has 0 aromatic heterocycles. The van der Waals surface area contributed by atoms with Gasteiger partial charge in [-0.25, -0.2) is 0 Å². The first kappa shape index (κ1) is 14.2. The number of nitrogens with zero attached hydrogens (tertiary/aromatic N) is 1. The van der Waals surface area contributed by atoms with E-state index < -0.39 is 0 Å². The summed E-state index contributed by atoms with van der Waals surface area (Å²) in [5, 5.41) is 2.86. The van der Waals surface area contributed by atoms with Crippen LogP contribution in [-0.2, 0) is 9.59 Å². The van der Waals surface area contributed by atoms with Crippen LogP contribution < -0.4 is 5.32 Å². The summed E-state index contributed by atoms with van der Waals surface area (Å²) in [5.74, 6) is -0.301. The first-order chi connectivity index (χ1) is 8.31. The Morgan fingerprint density at radius 1 is 1.17 bits per heavy atom. The number of carbonyl (C=O) groups is 2. The fraction of sp³-hybridized carbons (Fsp3) is 0.429. The largest absolute Gasteiger partial charge is 0.337 e. The van der Waals surface area contributed by atoms with Crippen molar-refractivity contribution in [3.8, 4) is 0 Å². The quantitative estimate of drug-likeness (QED) is 0.889. The molecule has 0 aliphatic heterocycles. The number of amides is 2. The lowest BCUT2D eigenvalue weighted by atomic mass is 10.1. The van der Waals surface area contributed by atoms with Gasteiger partial charge in [0.2, 0.25) is 11.8 Å². The molecule has 18 heavy (non-hydrogen) atoms. The van der Waals surface area contributed by atoms with Crippen molar-refractivity contribution in [1.29, 1.82) is 0 Å². The molecule has 2 amide bonds. The molecule has 0 unspecified atom stereocenters. The minimum atomic E-state index is -0.178. The molecule has 1 N–H and O–H groups in total. The summed E-state index contributed by atoms with van der Waals surface area (Å²) in [6, 6.07) is 4.05. The van der Waals surface area contributed by atoms with Crippen molar-refractivity contribution in [2.45, 2.75) is 27.7 Å². The third kappa shape index (κ3) is 3.58. The molecule has 0 fully saturated rings. The highest BCUT2D eigenvalue weighted by molar-refractivity contribution is 5.95. The molecule has 0 heterocycles. The van der Waals surface area contributed by atoms with Crippen molar-refractivity contribution < 1.29 is 9.59 Å². The second kappa shape index (κ2) is 5.67. The summed E-state index contributed by atoms with van der Waals surface area (Å²) in [5.41, 5.74) is 4.07. The molecule has 1 aromatic rings. The summed E-state index contributed by atoms with van der Waals surface area (Å²) >= 11 is 0. The monoisotopic (exact) mass is 248 g/mol. The van der Waals surface area contributed by atoms with Crippen molar-refractivity contribution >= 4 is 17.5 Å². The Labute approximate surface area is 108 Å². The van der Waals surface area contributed by atoms with Crippen molar-refractivity contribution in [3.05, 3.63) is 28.8 Å². The second-order valence-corrected chi connectivity index (χ2v) is 4.70. The van der Waals surface area contributed by atoms with Gasteiger partial charge in [0, 0.05) is 19.7 Å². The molecule has 1 rings (SSSR count). The maximum atomic E-state index is 11.8. The maximum absolute atomic E-state index is 11.8. The summed E-state index contributed by atoms with van der Waals surface area (Å²) in [7, 11) is 1.61. The summed E-state index contributed by atoms with van der Waals surface area (Å²) in [6.07, 6.45) is 0. The van der Waals surface area contributed by atoms with Gasteiger partial charge in [-0.3, -0.25) is 9.59 Å². The highest BCUT2D eigenvalue weighted by atomic mass is 16.2. The van der Waals surface area contributed by atoms with Gasteiger partial charge < -0.3 is 10.2 Å². The van der Waals surface area contributed by atoms with E-state index in [1.54, 1.807) is 7.05 Å². The first-order valence-corrected chi connectivity index (χ1v) is 5.90. The number of benzene rings is 1. The molecule has 98 valence electrons. The lowest BCUT2D eigenvalue weighted by Gasteiger charge is -2.17. The average Bonchev–Trinajstić information content (AvgIpc) is 2.23. The highest BCUT2D eigenvalue weighted by Gasteiger charge is 2.11. The van der Waals surface area contributed by atoms with Gasteiger partial charge in [0.25, 0.3) is 0 Å².